The Morgan fingerprint density at radius 1 is 1.88 bits per heavy atom. The van der Waals surface area contributed by atoms with Crippen molar-refractivity contribution in [2.45, 2.75) is 12.5 Å². The van der Waals surface area contributed by atoms with E-state index in [9.17, 15) is 0 Å². The Morgan fingerprint density at radius 2 is 2.62 bits per heavy atom. The normalized spacial score (nSPS) is 38.2. The molecule has 8 heavy (non-hydrogen) atoms. The molecule has 0 aliphatic carbocycles. The molecule has 1 fully saturated rings. The number of nitrogens with two attached hydrogens (primary N) is 1. The molecule has 2 atom stereocenters. The maximum absolute atomic E-state index is 8.64. The summed E-state index contributed by atoms with van der Waals surface area (Å²) in [5.41, 5.74) is 5.22. The van der Waals surface area contributed by atoms with Gasteiger partial charge in [-0.15, -0.1) is 0 Å². The minimum atomic E-state index is -0.802. The van der Waals surface area contributed by atoms with Crippen LogP contribution in [0.4, 0.5) is 0 Å². The summed E-state index contributed by atoms with van der Waals surface area (Å²) in [6, 6.07) is 0. The molecule has 1 aliphatic rings. The summed E-state index contributed by atoms with van der Waals surface area (Å²) in [4.78, 5) is 0. The van der Waals surface area contributed by atoms with E-state index in [1.165, 1.54) is 0 Å². The molecule has 0 aromatic rings. The van der Waals surface area contributed by atoms with Gasteiger partial charge in [-0.2, -0.15) is 0 Å². The van der Waals surface area contributed by atoms with Crippen molar-refractivity contribution in [1.29, 1.82) is 0 Å². The number of nitrogens with one attached hydrogen (secondary N) is 1. The predicted octanol–water partition coefficient (Wildman–Crippen LogP) is -1.79. The minimum absolute atomic E-state index is 0.00926. The standard InChI is InChI=1S/C4H10N2O2/c5-1-3-2-6-4(7)8-3/h3-4,6-7H,1-2,5H2. The van der Waals surface area contributed by atoms with Crippen LogP contribution in [0.3, 0.4) is 0 Å². The highest BCUT2D eigenvalue weighted by Gasteiger charge is 2.19. The van der Waals surface area contributed by atoms with Crippen LogP contribution >= 0.6 is 0 Å². The number of hydrogen-bond donors (Lipinski definition) is 3. The molecule has 48 valence electrons. The summed E-state index contributed by atoms with van der Waals surface area (Å²) < 4.78 is 4.83. The van der Waals surface area contributed by atoms with E-state index in [1.807, 2.05) is 0 Å². The Hall–Kier alpha value is -0.160. The van der Waals surface area contributed by atoms with Gasteiger partial charge >= 0.3 is 0 Å². The van der Waals surface area contributed by atoms with Crippen LogP contribution in [-0.2, 0) is 4.74 Å². The van der Waals surface area contributed by atoms with Crippen LogP contribution in [0.2, 0.25) is 0 Å². The lowest BCUT2D eigenvalue weighted by Gasteiger charge is -2.03. The van der Waals surface area contributed by atoms with E-state index in [2.05, 4.69) is 5.32 Å². The van der Waals surface area contributed by atoms with E-state index in [1.54, 1.807) is 0 Å². The lowest BCUT2D eigenvalue weighted by Crippen LogP contribution is -2.23. The molecule has 0 amide bonds. The Morgan fingerprint density at radius 3 is 2.88 bits per heavy atom. The van der Waals surface area contributed by atoms with Gasteiger partial charge in [0.1, 0.15) is 0 Å². The van der Waals surface area contributed by atoms with Gasteiger partial charge in [-0.3, -0.25) is 5.32 Å². The molecule has 4 heteroatoms. The van der Waals surface area contributed by atoms with Crippen molar-refractivity contribution in [3.05, 3.63) is 0 Å². The zero-order valence-corrected chi connectivity index (χ0v) is 4.50. The second-order valence-corrected chi connectivity index (χ2v) is 1.75. The number of ether oxygens (including phenoxy) is 1. The van der Waals surface area contributed by atoms with Crippen molar-refractivity contribution < 1.29 is 9.84 Å². The van der Waals surface area contributed by atoms with Gasteiger partial charge in [0.2, 0.25) is 6.41 Å². The molecule has 0 radical (unpaired) electrons. The van der Waals surface area contributed by atoms with Gasteiger partial charge in [0.05, 0.1) is 6.10 Å². The van der Waals surface area contributed by atoms with E-state index < -0.39 is 6.41 Å². The maximum Gasteiger partial charge on any atom is 0.213 e. The lowest BCUT2D eigenvalue weighted by atomic mass is 10.4. The third-order valence-electron chi connectivity index (χ3n) is 1.10. The molecule has 1 saturated heterocycles. The molecule has 0 aromatic heterocycles. The third kappa shape index (κ3) is 1.16. The summed E-state index contributed by atoms with van der Waals surface area (Å²) >= 11 is 0. The predicted molar refractivity (Wildman–Crippen MR) is 27.9 cm³/mol. The Kier molecular flexibility index (Phi) is 1.80. The van der Waals surface area contributed by atoms with Gasteiger partial charge in [0, 0.05) is 13.1 Å². The average molecular weight is 118 g/mol. The first-order chi connectivity index (χ1) is 3.83. The molecule has 1 rings (SSSR count). The van der Waals surface area contributed by atoms with Crippen molar-refractivity contribution in [3.63, 3.8) is 0 Å². The Labute approximate surface area is 47.6 Å². The Bertz CT molecular complexity index is 78.4. The highest BCUT2D eigenvalue weighted by atomic mass is 16.6. The highest BCUT2D eigenvalue weighted by molar-refractivity contribution is 4.67. The monoisotopic (exact) mass is 118 g/mol. The maximum atomic E-state index is 8.64. The second-order valence-electron chi connectivity index (χ2n) is 1.75. The fraction of sp³-hybridized carbons (Fsp3) is 1.00. The minimum Gasteiger partial charge on any atom is -0.356 e. The molecule has 2 unspecified atom stereocenters. The summed E-state index contributed by atoms with van der Waals surface area (Å²) in [6.07, 6.45) is -0.812. The summed E-state index contributed by atoms with van der Waals surface area (Å²) in [6.45, 7) is 1.11. The molecule has 0 saturated carbocycles. The SMILES string of the molecule is NCC1CNC(O)O1. The van der Waals surface area contributed by atoms with Crippen LogP contribution in [0.5, 0.6) is 0 Å². The fourth-order valence-corrected chi connectivity index (χ4v) is 0.650. The van der Waals surface area contributed by atoms with Crippen LogP contribution in [0.15, 0.2) is 0 Å². The van der Waals surface area contributed by atoms with Gasteiger partial charge in [0.15, 0.2) is 0 Å². The third-order valence-corrected chi connectivity index (χ3v) is 1.10. The zero-order chi connectivity index (χ0) is 5.98. The van der Waals surface area contributed by atoms with Crippen molar-refractivity contribution in [3.8, 4) is 0 Å². The number of rotatable bonds is 1. The summed E-state index contributed by atoms with van der Waals surface area (Å²) in [5, 5.41) is 11.3. The Balaban J connectivity index is 2.22. The molecular weight excluding hydrogens is 108 g/mol. The smallest absolute Gasteiger partial charge is 0.213 e. The van der Waals surface area contributed by atoms with E-state index in [0.717, 1.165) is 0 Å². The van der Waals surface area contributed by atoms with Gasteiger partial charge in [0.25, 0.3) is 0 Å². The van der Waals surface area contributed by atoms with Crippen LogP contribution in [0, 0.1) is 0 Å². The second kappa shape index (κ2) is 2.41. The van der Waals surface area contributed by atoms with Crippen LogP contribution in [0.25, 0.3) is 0 Å². The number of aliphatic hydroxyl groups excluding tert-OH is 1. The van der Waals surface area contributed by atoms with Crippen LogP contribution < -0.4 is 11.1 Å². The quantitative estimate of drug-likeness (QED) is 0.380. The molecular formula is C4H10N2O2. The molecule has 0 bridgehead atoms. The van der Waals surface area contributed by atoms with E-state index in [0.29, 0.717) is 13.1 Å². The topological polar surface area (TPSA) is 67.5 Å². The molecule has 1 aliphatic heterocycles. The van der Waals surface area contributed by atoms with Crippen molar-refractivity contribution >= 4 is 0 Å². The lowest BCUT2D eigenvalue weighted by molar-refractivity contribution is -0.0972. The van der Waals surface area contributed by atoms with Crippen LogP contribution in [0.1, 0.15) is 0 Å². The highest BCUT2D eigenvalue weighted by Crippen LogP contribution is 1.98. The average Bonchev–Trinajstić information content (AvgIpc) is 2.14. The summed E-state index contributed by atoms with van der Waals surface area (Å²) in [5.74, 6) is 0. The van der Waals surface area contributed by atoms with Gasteiger partial charge in [-0.05, 0) is 0 Å². The largest absolute Gasteiger partial charge is 0.356 e. The van der Waals surface area contributed by atoms with Crippen molar-refractivity contribution in [1.82, 2.24) is 5.32 Å². The number of aliphatic hydroxyl groups is 1. The fourth-order valence-electron chi connectivity index (χ4n) is 0.650. The zero-order valence-electron chi connectivity index (χ0n) is 4.50. The number of hydrogen-bond acceptors (Lipinski definition) is 4. The van der Waals surface area contributed by atoms with E-state index in [4.69, 9.17) is 15.6 Å². The van der Waals surface area contributed by atoms with E-state index in [-0.39, 0.29) is 6.10 Å². The molecule has 4 nitrogen and oxygen atoms in total. The van der Waals surface area contributed by atoms with E-state index >= 15 is 0 Å². The first kappa shape index (κ1) is 5.97. The van der Waals surface area contributed by atoms with Crippen molar-refractivity contribution in [2.75, 3.05) is 13.1 Å². The molecule has 0 spiro atoms. The van der Waals surface area contributed by atoms with Crippen LogP contribution in [-0.4, -0.2) is 30.7 Å². The first-order valence-corrected chi connectivity index (χ1v) is 2.60. The van der Waals surface area contributed by atoms with Gasteiger partial charge in [-0.25, -0.2) is 0 Å². The van der Waals surface area contributed by atoms with Gasteiger partial charge in [-0.1, -0.05) is 0 Å². The molecule has 0 aromatic carbocycles. The van der Waals surface area contributed by atoms with Gasteiger partial charge < -0.3 is 15.6 Å². The summed E-state index contributed by atoms with van der Waals surface area (Å²) in [7, 11) is 0. The molecule has 4 N–H and O–H groups in total. The molecule has 1 heterocycles. The first-order valence-electron chi connectivity index (χ1n) is 2.60. The van der Waals surface area contributed by atoms with Crippen molar-refractivity contribution in [2.24, 2.45) is 5.73 Å².